The molecule has 174 valence electrons. The minimum atomic E-state index is -1.30. The van der Waals surface area contributed by atoms with Gasteiger partial charge in [0.1, 0.15) is 23.6 Å². The lowest BCUT2D eigenvalue weighted by Gasteiger charge is -2.40. The second-order valence-corrected chi connectivity index (χ2v) is 9.32. The first-order valence-electron chi connectivity index (χ1n) is 11.6. The summed E-state index contributed by atoms with van der Waals surface area (Å²) in [6.07, 6.45) is 4.84. The molecule has 0 spiro atoms. The molecule has 9 heteroatoms. The van der Waals surface area contributed by atoms with Gasteiger partial charge in [0.05, 0.1) is 12.6 Å². The molecule has 0 radical (unpaired) electrons. The molecular formula is C24H30FN7O. The van der Waals surface area contributed by atoms with Gasteiger partial charge in [0.25, 0.3) is 0 Å². The second-order valence-electron chi connectivity index (χ2n) is 9.32. The van der Waals surface area contributed by atoms with Crippen molar-refractivity contribution in [3.8, 4) is 0 Å². The van der Waals surface area contributed by atoms with Crippen LogP contribution in [0.2, 0.25) is 0 Å². The van der Waals surface area contributed by atoms with Crippen LogP contribution in [0.3, 0.4) is 0 Å². The number of aliphatic hydroxyl groups excluding tert-OH is 1. The summed E-state index contributed by atoms with van der Waals surface area (Å²) >= 11 is 0. The highest BCUT2D eigenvalue weighted by molar-refractivity contribution is 5.96. The van der Waals surface area contributed by atoms with E-state index < -0.39 is 12.3 Å². The summed E-state index contributed by atoms with van der Waals surface area (Å²) in [5, 5.41) is 15.1. The maximum Gasteiger partial charge on any atom is 0.227 e. The molecule has 2 fully saturated rings. The Bertz CT molecular complexity index is 1160. The van der Waals surface area contributed by atoms with E-state index in [2.05, 4.69) is 52.0 Å². The Morgan fingerprint density at radius 2 is 1.94 bits per heavy atom. The third-order valence-corrected chi connectivity index (χ3v) is 6.68. The van der Waals surface area contributed by atoms with Crippen LogP contribution in [-0.2, 0) is 0 Å². The largest absolute Gasteiger partial charge is 0.390 e. The van der Waals surface area contributed by atoms with Crippen molar-refractivity contribution in [2.75, 3.05) is 34.8 Å². The number of halogens is 1. The van der Waals surface area contributed by atoms with Crippen LogP contribution in [0, 0.1) is 0 Å². The molecule has 0 amide bonds. The Balaban J connectivity index is 1.44. The van der Waals surface area contributed by atoms with Crippen LogP contribution in [-0.4, -0.2) is 63.0 Å². The topological polar surface area (TPSA) is 90.3 Å². The number of piperidine rings is 1. The maximum absolute atomic E-state index is 14.0. The summed E-state index contributed by atoms with van der Waals surface area (Å²) in [6.45, 7) is 8.17. The summed E-state index contributed by atoms with van der Waals surface area (Å²) in [7, 11) is 0. The quantitative estimate of drug-likeness (QED) is 0.606. The number of hydrogen-bond donors (Lipinski definition) is 2. The highest BCUT2D eigenvalue weighted by Crippen LogP contribution is 2.35. The van der Waals surface area contributed by atoms with Gasteiger partial charge in [-0.1, -0.05) is 13.8 Å². The van der Waals surface area contributed by atoms with Gasteiger partial charge in [-0.25, -0.2) is 19.3 Å². The van der Waals surface area contributed by atoms with E-state index in [4.69, 9.17) is 4.98 Å². The minimum Gasteiger partial charge on any atom is -0.390 e. The van der Waals surface area contributed by atoms with Crippen LogP contribution < -0.4 is 15.1 Å². The third kappa shape index (κ3) is 4.17. The molecule has 5 heterocycles. The Kier molecular flexibility index (Phi) is 5.74. The molecule has 0 aliphatic carbocycles. The zero-order chi connectivity index (χ0) is 23.1. The number of hydrogen-bond acceptors (Lipinski definition) is 8. The third-order valence-electron chi connectivity index (χ3n) is 6.68. The standard InChI is InChI=1S/C24H30FN7O/c1-14(2)17-11-28-23(32-9-5-15(32)3)18-12-27-22(10-16(17)18)29-21-4-7-26-24(30-21)31-8-6-20(33)19(25)13-31/h4,7,10-12,14-15,19-20,33H,5-6,8-9,13H2,1-3H3,(H,26,27,29,30). The molecule has 3 unspecified atom stereocenters. The van der Waals surface area contributed by atoms with E-state index in [-0.39, 0.29) is 6.54 Å². The monoisotopic (exact) mass is 451 g/mol. The number of nitrogens with zero attached hydrogens (tertiary/aromatic N) is 6. The fourth-order valence-corrected chi connectivity index (χ4v) is 4.51. The molecule has 2 saturated heterocycles. The first kappa shape index (κ1) is 21.8. The van der Waals surface area contributed by atoms with Gasteiger partial charge < -0.3 is 20.2 Å². The Morgan fingerprint density at radius 1 is 1.09 bits per heavy atom. The first-order valence-corrected chi connectivity index (χ1v) is 11.6. The number of alkyl halides is 1. The van der Waals surface area contributed by atoms with Crippen molar-refractivity contribution in [3.63, 3.8) is 0 Å². The molecule has 0 bridgehead atoms. The molecule has 5 rings (SSSR count). The van der Waals surface area contributed by atoms with Crippen molar-refractivity contribution < 1.29 is 9.50 Å². The van der Waals surface area contributed by atoms with Crippen LogP contribution in [0.1, 0.15) is 45.1 Å². The van der Waals surface area contributed by atoms with E-state index in [0.717, 1.165) is 23.1 Å². The molecule has 3 aromatic rings. The Hall–Kier alpha value is -3.07. The highest BCUT2D eigenvalue weighted by Gasteiger charge is 2.29. The lowest BCUT2D eigenvalue weighted by molar-refractivity contribution is 0.0612. The fraction of sp³-hybridized carbons (Fsp3) is 0.500. The summed E-state index contributed by atoms with van der Waals surface area (Å²) < 4.78 is 14.0. The molecule has 0 saturated carbocycles. The second kappa shape index (κ2) is 8.70. The van der Waals surface area contributed by atoms with Crippen molar-refractivity contribution >= 4 is 34.2 Å². The van der Waals surface area contributed by atoms with Crippen molar-refractivity contribution in [1.82, 2.24) is 19.9 Å². The van der Waals surface area contributed by atoms with E-state index in [1.165, 1.54) is 12.0 Å². The van der Waals surface area contributed by atoms with Gasteiger partial charge in [0.2, 0.25) is 5.95 Å². The summed E-state index contributed by atoms with van der Waals surface area (Å²) in [6, 6.07) is 4.31. The zero-order valence-corrected chi connectivity index (χ0v) is 19.2. The number of fused-ring (bicyclic) bond motifs is 1. The van der Waals surface area contributed by atoms with Gasteiger partial charge in [-0.2, -0.15) is 4.98 Å². The fourth-order valence-electron chi connectivity index (χ4n) is 4.51. The van der Waals surface area contributed by atoms with Crippen LogP contribution in [0.15, 0.2) is 30.7 Å². The number of anilines is 4. The minimum absolute atomic E-state index is 0.0846. The van der Waals surface area contributed by atoms with Gasteiger partial charge in [0, 0.05) is 43.1 Å². The van der Waals surface area contributed by atoms with Gasteiger partial charge >= 0.3 is 0 Å². The van der Waals surface area contributed by atoms with E-state index in [1.807, 2.05) is 12.4 Å². The van der Waals surface area contributed by atoms with Crippen molar-refractivity contribution in [2.45, 2.75) is 57.8 Å². The summed E-state index contributed by atoms with van der Waals surface area (Å²) in [4.78, 5) is 22.4. The lowest BCUT2D eigenvalue weighted by atomic mass is 9.97. The van der Waals surface area contributed by atoms with Gasteiger partial charge in [-0.3, -0.25) is 0 Å². The molecule has 33 heavy (non-hydrogen) atoms. The zero-order valence-electron chi connectivity index (χ0n) is 19.2. The van der Waals surface area contributed by atoms with Crippen LogP contribution in [0.4, 0.5) is 27.8 Å². The first-order chi connectivity index (χ1) is 15.9. The molecule has 0 aromatic carbocycles. The number of aliphatic hydroxyl groups is 1. The van der Waals surface area contributed by atoms with Crippen LogP contribution >= 0.6 is 0 Å². The maximum atomic E-state index is 14.0. The average molecular weight is 452 g/mol. The molecule has 3 atom stereocenters. The van der Waals surface area contributed by atoms with Gasteiger partial charge in [-0.05, 0) is 48.8 Å². The molecular weight excluding hydrogens is 421 g/mol. The molecule has 2 N–H and O–H groups in total. The number of aromatic nitrogens is 4. The van der Waals surface area contributed by atoms with E-state index in [9.17, 15) is 9.50 Å². The predicted molar refractivity (Wildman–Crippen MR) is 128 cm³/mol. The summed E-state index contributed by atoms with van der Waals surface area (Å²) in [5.74, 6) is 3.03. The van der Waals surface area contributed by atoms with Crippen LogP contribution in [0.5, 0.6) is 0 Å². The SMILES string of the molecule is CC(C)c1cnc(N2CCC2C)c2cnc(Nc3ccnc(N4CCC(O)C(F)C4)n3)cc12. The molecule has 8 nitrogen and oxygen atoms in total. The summed E-state index contributed by atoms with van der Waals surface area (Å²) in [5.41, 5.74) is 1.18. The molecule has 3 aromatic heterocycles. The molecule has 2 aliphatic heterocycles. The van der Waals surface area contributed by atoms with Crippen LogP contribution in [0.25, 0.3) is 10.8 Å². The van der Waals surface area contributed by atoms with Crippen molar-refractivity contribution in [1.29, 1.82) is 0 Å². The number of pyridine rings is 2. The number of rotatable bonds is 5. The average Bonchev–Trinajstić information content (AvgIpc) is 2.80. The Labute approximate surface area is 192 Å². The number of nitrogens with one attached hydrogen (secondary N) is 1. The molecule has 2 aliphatic rings. The lowest BCUT2D eigenvalue weighted by Crippen LogP contribution is -2.46. The van der Waals surface area contributed by atoms with Gasteiger partial charge in [-0.15, -0.1) is 0 Å². The predicted octanol–water partition coefficient (Wildman–Crippen LogP) is 3.79. The highest BCUT2D eigenvalue weighted by atomic mass is 19.1. The van der Waals surface area contributed by atoms with E-state index in [0.29, 0.717) is 42.5 Å². The van der Waals surface area contributed by atoms with E-state index in [1.54, 1.807) is 17.2 Å². The normalized spacial score (nSPS) is 23.2. The Morgan fingerprint density at radius 3 is 2.64 bits per heavy atom. The van der Waals surface area contributed by atoms with E-state index >= 15 is 0 Å². The van der Waals surface area contributed by atoms with Crippen molar-refractivity contribution in [3.05, 3.63) is 36.3 Å². The van der Waals surface area contributed by atoms with Gasteiger partial charge in [0.15, 0.2) is 0 Å². The van der Waals surface area contributed by atoms with Crippen molar-refractivity contribution in [2.24, 2.45) is 0 Å². The smallest absolute Gasteiger partial charge is 0.227 e.